The van der Waals surface area contributed by atoms with Gasteiger partial charge in [0.2, 0.25) is 0 Å². The van der Waals surface area contributed by atoms with Crippen LogP contribution in [0.4, 0.5) is 10.5 Å². The highest BCUT2D eigenvalue weighted by atomic mass is 35.5. The van der Waals surface area contributed by atoms with Crippen LogP contribution in [0.2, 0.25) is 5.02 Å². The molecule has 0 heterocycles. The van der Waals surface area contributed by atoms with Crippen LogP contribution in [0.5, 0.6) is 0 Å². The average Bonchev–Trinajstić information content (AvgIpc) is 2.24. The Morgan fingerprint density at radius 2 is 2.19 bits per heavy atom. The Bertz CT molecular complexity index is 345. The van der Waals surface area contributed by atoms with Gasteiger partial charge < -0.3 is 15.7 Å². The summed E-state index contributed by atoms with van der Waals surface area (Å²) in [5, 5.41) is 14.5. The molecule has 0 atom stereocenters. The number of hydrogen-bond acceptors (Lipinski definition) is 2. The number of amides is 2. The Morgan fingerprint density at radius 3 is 2.88 bits per heavy atom. The molecule has 0 fully saturated rings. The number of halogens is 1. The highest BCUT2D eigenvalue weighted by Crippen LogP contribution is 2.14. The van der Waals surface area contributed by atoms with E-state index in [1.165, 1.54) is 0 Å². The first-order valence-corrected chi connectivity index (χ1v) is 5.51. The van der Waals surface area contributed by atoms with E-state index in [0.717, 1.165) is 6.42 Å². The molecule has 3 N–H and O–H groups in total. The lowest BCUT2D eigenvalue weighted by atomic mass is 10.3. The summed E-state index contributed by atoms with van der Waals surface area (Å²) < 4.78 is 0. The monoisotopic (exact) mass is 242 g/mol. The maximum Gasteiger partial charge on any atom is 0.319 e. The molecule has 16 heavy (non-hydrogen) atoms. The fourth-order valence-corrected chi connectivity index (χ4v) is 1.37. The first kappa shape index (κ1) is 12.8. The van der Waals surface area contributed by atoms with E-state index in [4.69, 9.17) is 16.7 Å². The molecule has 88 valence electrons. The van der Waals surface area contributed by atoms with Crippen molar-refractivity contribution in [2.45, 2.75) is 12.8 Å². The molecule has 0 radical (unpaired) electrons. The van der Waals surface area contributed by atoms with Crippen molar-refractivity contribution in [3.05, 3.63) is 29.3 Å². The average molecular weight is 243 g/mol. The third-order valence-electron chi connectivity index (χ3n) is 1.95. The summed E-state index contributed by atoms with van der Waals surface area (Å²) >= 11 is 5.77. The molecule has 2 amide bonds. The number of aliphatic hydroxyl groups excluding tert-OH is 1. The molecule has 4 nitrogen and oxygen atoms in total. The number of hydrogen-bond donors (Lipinski definition) is 3. The van der Waals surface area contributed by atoms with Crippen LogP contribution in [0.25, 0.3) is 0 Å². The van der Waals surface area contributed by atoms with Crippen molar-refractivity contribution >= 4 is 23.3 Å². The summed E-state index contributed by atoms with van der Waals surface area (Å²) in [6.07, 6.45) is 1.46. The van der Waals surface area contributed by atoms with Gasteiger partial charge in [-0.05, 0) is 31.0 Å². The van der Waals surface area contributed by atoms with Gasteiger partial charge in [0.15, 0.2) is 0 Å². The third kappa shape index (κ3) is 5.00. The number of unbranched alkanes of at least 4 members (excludes halogenated alkanes) is 1. The number of benzene rings is 1. The minimum atomic E-state index is -0.264. The zero-order valence-corrected chi connectivity index (χ0v) is 9.63. The van der Waals surface area contributed by atoms with Crippen molar-refractivity contribution in [1.82, 2.24) is 5.32 Å². The van der Waals surface area contributed by atoms with Crippen LogP contribution in [0.15, 0.2) is 24.3 Å². The van der Waals surface area contributed by atoms with Crippen molar-refractivity contribution in [3.63, 3.8) is 0 Å². The summed E-state index contributed by atoms with van der Waals surface area (Å²) in [6, 6.07) is 6.68. The van der Waals surface area contributed by atoms with Crippen LogP contribution in [0.1, 0.15) is 12.8 Å². The maximum absolute atomic E-state index is 11.4. The standard InChI is InChI=1S/C11H15ClN2O2/c12-9-4-3-5-10(8-9)14-11(16)13-6-1-2-7-15/h3-5,8,15H,1-2,6-7H2,(H2,13,14,16). The molecule has 0 bridgehead atoms. The van der Waals surface area contributed by atoms with Crippen molar-refractivity contribution in [3.8, 4) is 0 Å². The Balaban J connectivity index is 2.29. The van der Waals surface area contributed by atoms with E-state index in [1.54, 1.807) is 24.3 Å². The van der Waals surface area contributed by atoms with Crippen LogP contribution in [-0.2, 0) is 0 Å². The van der Waals surface area contributed by atoms with Gasteiger partial charge in [-0.15, -0.1) is 0 Å². The van der Waals surface area contributed by atoms with Gasteiger partial charge in [-0.25, -0.2) is 4.79 Å². The minimum absolute atomic E-state index is 0.150. The van der Waals surface area contributed by atoms with Gasteiger partial charge in [-0.1, -0.05) is 17.7 Å². The molecule has 0 aliphatic rings. The molecule has 5 heteroatoms. The fraction of sp³-hybridized carbons (Fsp3) is 0.364. The number of carbonyl (C=O) groups excluding carboxylic acids is 1. The topological polar surface area (TPSA) is 61.4 Å². The summed E-state index contributed by atoms with van der Waals surface area (Å²) in [6.45, 7) is 0.699. The number of urea groups is 1. The normalized spacial score (nSPS) is 9.88. The second kappa shape index (κ2) is 7.09. The number of nitrogens with one attached hydrogen (secondary N) is 2. The van der Waals surface area contributed by atoms with Crippen LogP contribution in [0.3, 0.4) is 0 Å². The molecule has 0 aromatic heterocycles. The Kier molecular flexibility index (Phi) is 5.67. The number of anilines is 1. The molecule has 1 aromatic rings. The lowest BCUT2D eigenvalue weighted by Gasteiger charge is -2.07. The SMILES string of the molecule is O=C(NCCCCO)Nc1cccc(Cl)c1. The highest BCUT2D eigenvalue weighted by molar-refractivity contribution is 6.30. The zero-order chi connectivity index (χ0) is 11.8. The lowest BCUT2D eigenvalue weighted by Crippen LogP contribution is -2.29. The summed E-state index contributed by atoms with van der Waals surface area (Å²) in [7, 11) is 0. The molecule has 0 saturated heterocycles. The summed E-state index contributed by atoms with van der Waals surface area (Å²) in [4.78, 5) is 11.4. The number of rotatable bonds is 5. The molecule has 0 unspecified atom stereocenters. The minimum Gasteiger partial charge on any atom is -0.396 e. The fourth-order valence-electron chi connectivity index (χ4n) is 1.18. The maximum atomic E-state index is 11.4. The van der Waals surface area contributed by atoms with Crippen LogP contribution < -0.4 is 10.6 Å². The van der Waals surface area contributed by atoms with Gasteiger partial charge in [0, 0.05) is 23.9 Å². The molecule has 0 saturated carbocycles. The van der Waals surface area contributed by atoms with E-state index < -0.39 is 0 Å². The first-order chi connectivity index (χ1) is 7.72. The molecule has 0 aliphatic carbocycles. The van der Waals surface area contributed by atoms with Gasteiger partial charge in [0.25, 0.3) is 0 Å². The first-order valence-electron chi connectivity index (χ1n) is 5.13. The third-order valence-corrected chi connectivity index (χ3v) is 2.19. The number of carbonyl (C=O) groups is 1. The van der Waals surface area contributed by atoms with Crippen LogP contribution in [0, 0.1) is 0 Å². The molecule has 0 spiro atoms. The van der Waals surface area contributed by atoms with E-state index in [0.29, 0.717) is 23.7 Å². The van der Waals surface area contributed by atoms with Crippen molar-refractivity contribution < 1.29 is 9.90 Å². The quantitative estimate of drug-likeness (QED) is 0.694. The van der Waals surface area contributed by atoms with E-state index in [9.17, 15) is 4.79 Å². The summed E-state index contributed by atoms with van der Waals surface area (Å²) in [5.41, 5.74) is 0.659. The number of aliphatic hydroxyl groups is 1. The largest absolute Gasteiger partial charge is 0.396 e. The summed E-state index contributed by atoms with van der Waals surface area (Å²) in [5.74, 6) is 0. The van der Waals surface area contributed by atoms with Crippen molar-refractivity contribution in [1.29, 1.82) is 0 Å². The van der Waals surface area contributed by atoms with Gasteiger partial charge >= 0.3 is 6.03 Å². The molecular formula is C11H15ClN2O2. The van der Waals surface area contributed by atoms with E-state index >= 15 is 0 Å². The predicted octanol–water partition coefficient (Wildman–Crippen LogP) is 2.23. The van der Waals surface area contributed by atoms with Gasteiger partial charge in [0.1, 0.15) is 0 Å². The van der Waals surface area contributed by atoms with Gasteiger partial charge in [-0.3, -0.25) is 0 Å². The Hall–Kier alpha value is -1.26. The van der Waals surface area contributed by atoms with Gasteiger partial charge in [0.05, 0.1) is 0 Å². The second-order valence-corrected chi connectivity index (χ2v) is 3.76. The Morgan fingerprint density at radius 1 is 1.38 bits per heavy atom. The van der Waals surface area contributed by atoms with Crippen molar-refractivity contribution in [2.24, 2.45) is 0 Å². The molecule has 0 aliphatic heterocycles. The van der Waals surface area contributed by atoms with Crippen LogP contribution >= 0.6 is 11.6 Å². The molecular weight excluding hydrogens is 228 g/mol. The van der Waals surface area contributed by atoms with Gasteiger partial charge in [-0.2, -0.15) is 0 Å². The van der Waals surface area contributed by atoms with E-state index in [-0.39, 0.29) is 12.6 Å². The zero-order valence-electron chi connectivity index (χ0n) is 8.87. The van der Waals surface area contributed by atoms with Crippen molar-refractivity contribution in [2.75, 3.05) is 18.5 Å². The second-order valence-electron chi connectivity index (χ2n) is 3.32. The van der Waals surface area contributed by atoms with Crippen LogP contribution in [-0.4, -0.2) is 24.3 Å². The molecule has 1 rings (SSSR count). The van der Waals surface area contributed by atoms with E-state index in [1.807, 2.05) is 0 Å². The Labute approximate surface area is 99.6 Å². The lowest BCUT2D eigenvalue weighted by molar-refractivity contribution is 0.250. The predicted molar refractivity (Wildman–Crippen MR) is 64.8 cm³/mol. The highest BCUT2D eigenvalue weighted by Gasteiger charge is 2.00. The van der Waals surface area contributed by atoms with E-state index in [2.05, 4.69) is 10.6 Å². The molecule has 1 aromatic carbocycles. The smallest absolute Gasteiger partial charge is 0.319 e.